The maximum atomic E-state index is 13.2. The van der Waals surface area contributed by atoms with Gasteiger partial charge >= 0.3 is 6.18 Å². The Morgan fingerprint density at radius 2 is 1.74 bits per heavy atom. The van der Waals surface area contributed by atoms with Gasteiger partial charge in [-0.05, 0) is 24.5 Å². The monoisotopic (exact) mass is 390 g/mol. The number of nitrogens with zero attached hydrogens (tertiary/aromatic N) is 2. The largest absolute Gasteiger partial charge is 0.418 e. The molecule has 0 amide bonds. The van der Waals surface area contributed by atoms with Crippen LogP contribution in [0, 0.1) is 5.92 Å². The van der Waals surface area contributed by atoms with E-state index < -0.39 is 36.1 Å². The molecule has 152 valence electrons. The van der Waals surface area contributed by atoms with Crippen molar-refractivity contribution < 1.29 is 33.6 Å². The summed E-state index contributed by atoms with van der Waals surface area (Å²) >= 11 is 0. The van der Waals surface area contributed by atoms with Gasteiger partial charge in [0.15, 0.2) is 0 Å². The normalized spacial score (nSPS) is 32.9. The van der Waals surface area contributed by atoms with Crippen molar-refractivity contribution in [2.45, 2.75) is 37.0 Å². The van der Waals surface area contributed by atoms with Crippen molar-refractivity contribution in [2.24, 2.45) is 5.92 Å². The zero-order valence-electron chi connectivity index (χ0n) is 14.8. The van der Waals surface area contributed by atoms with Crippen LogP contribution in [0.15, 0.2) is 24.3 Å². The van der Waals surface area contributed by atoms with Crippen LogP contribution in [0.5, 0.6) is 0 Å². The molecule has 9 heteroatoms. The van der Waals surface area contributed by atoms with E-state index in [1.807, 2.05) is 0 Å². The average molecular weight is 390 g/mol. The fourth-order valence-electron chi connectivity index (χ4n) is 4.11. The van der Waals surface area contributed by atoms with Crippen LogP contribution < -0.4 is 4.90 Å². The second-order valence-electron chi connectivity index (χ2n) is 7.37. The number of benzene rings is 1. The zero-order chi connectivity index (χ0) is 19.8. The predicted octanol–water partition coefficient (Wildman–Crippen LogP) is 0.291. The number of halogens is 3. The van der Waals surface area contributed by atoms with Gasteiger partial charge in [0, 0.05) is 31.9 Å². The Morgan fingerprint density at radius 1 is 1.04 bits per heavy atom. The molecule has 27 heavy (non-hydrogen) atoms. The molecular formula is C18H25F3N2O4. The van der Waals surface area contributed by atoms with Crippen molar-refractivity contribution in [2.75, 3.05) is 37.7 Å². The SMILES string of the molecule is OC[C@@H]1[C@@H](O)[C@H](O)[C@@H](O)CN1C[C@@H]1CCN(c2ccccc2C(F)(F)F)C1. The van der Waals surface area contributed by atoms with E-state index in [9.17, 15) is 33.6 Å². The zero-order valence-corrected chi connectivity index (χ0v) is 14.8. The summed E-state index contributed by atoms with van der Waals surface area (Å²) < 4.78 is 39.7. The molecule has 1 aromatic rings. The topological polar surface area (TPSA) is 87.4 Å². The summed E-state index contributed by atoms with van der Waals surface area (Å²) in [5, 5.41) is 39.3. The molecule has 3 rings (SSSR count). The van der Waals surface area contributed by atoms with Crippen LogP contribution >= 0.6 is 0 Å². The number of para-hydroxylation sites is 1. The van der Waals surface area contributed by atoms with Crippen LogP contribution in [0.1, 0.15) is 12.0 Å². The first-order valence-corrected chi connectivity index (χ1v) is 9.02. The molecule has 0 aliphatic carbocycles. The van der Waals surface area contributed by atoms with Gasteiger partial charge in [0.1, 0.15) is 12.2 Å². The lowest BCUT2D eigenvalue weighted by Gasteiger charge is -2.44. The van der Waals surface area contributed by atoms with Gasteiger partial charge in [0.2, 0.25) is 0 Å². The highest BCUT2D eigenvalue weighted by Crippen LogP contribution is 2.38. The number of alkyl halides is 3. The van der Waals surface area contributed by atoms with Crippen molar-refractivity contribution in [1.29, 1.82) is 0 Å². The molecule has 2 heterocycles. The van der Waals surface area contributed by atoms with E-state index in [1.165, 1.54) is 12.1 Å². The van der Waals surface area contributed by atoms with Crippen LogP contribution in [-0.4, -0.2) is 82.5 Å². The highest BCUT2D eigenvalue weighted by Gasteiger charge is 2.42. The Balaban J connectivity index is 1.69. The maximum Gasteiger partial charge on any atom is 0.418 e. The van der Waals surface area contributed by atoms with Gasteiger partial charge in [-0.3, -0.25) is 4.90 Å². The van der Waals surface area contributed by atoms with Crippen molar-refractivity contribution in [3.05, 3.63) is 29.8 Å². The van der Waals surface area contributed by atoms with E-state index in [1.54, 1.807) is 15.9 Å². The Hall–Kier alpha value is -1.39. The Labute approximate surface area is 155 Å². The lowest BCUT2D eigenvalue weighted by molar-refractivity contribution is -0.147. The van der Waals surface area contributed by atoms with E-state index >= 15 is 0 Å². The molecule has 0 saturated carbocycles. The lowest BCUT2D eigenvalue weighted by atomic mass is 9.93. The first-order chi connectivity index (χ1) is 12.7. The van der Waals surface area contributed by atoms with Gasteiger partial charge < -0.3 is 25.3 Å². The molecular weight excluding hydrogens is 365 g/mol. The third-order valence-electron chi connectivity index (χ3n) is 5.54. The number of β-amino-alcohol motifs (C(OH)–C–C–N with tert-alkyl or cyclic N) is 1. The standard InChI is InChI=1S/C18H25F3N2O4/c19-18(20,21)12-3-1-2-4-13(12)22-6-5-11(7-22)8-23-9-15(25)17(27)16(26)14(23)10-24/h1-4,11,14-17,24-27H,5-10H2/t11-,14-,15+,16-,17-/m1/s1. The number of likely N-dealkylation sites (tertiary alicyclic amines) is 1. The number of anilines is 1. The average Bonchev–Trinajstić information content (AvgIpc) is 3.08. The van der Waals surface area contributed by atoms with Gasteiger partial charge in [0.25, 0.3) is 0 Å². The third kappa shape index (κ3) is 4.22. The molecule has 0 unspecified atom stereocenters. The molecule has 0 radical (unpaired) electrons. The summed E-state index contributed by atoms with van der Waals surface area (Å²) in [6.45, 7) is 1.02. The summed E-state index contributed by atoms with van der Waals surface area (Å²) in [4.78, 5) is 3.42. The quantitative estimate of drug-likeness (QED) is 0.591. The molecule has 6 nitrogen and oxygen atoms in total. The minimum atomic E-state index is -4.42. The second kappa shape index (κ2) is 7.92. The van der Waals surface area contributed by atoms with Gasteiger partial charge in [-0.15, -0.1) is 0 Å². The number of piperidine rings is 1. The Bertz CT molecular complexity index is 645. The fourth-order valence-corrected chi connectivity index (χ4v) is 4.11. The minimum Gasteiger partial charge on any atom is -0.395 e. The van der Waals surface area contributed by atoms with Gasteiger partial charge in [-0.2, -0.15) is 13.2 Å². The van der Waals surface area contributed by atoms with E-state index in [2.05, 4.69) is 0 Å². The molecule has 1 aromatic carbocycles. The highest BCUT2D eigenvalue weighted by atomic mass is 19.4. The molecule has 2 aliphatic rings. The van der Waals surface area contributed by atoms with Crippen LogP contribution in [0.3, 0.4) is 0 Å². The Morgan fingerprint density at radius 3 is 2.41 bits per heavy atom. The minimum absolute atomic E-state index is 0.0231. The van der Waals surface area contributed by atoms with E-state index in [0.717, 1.165) is 6.07 Å². The summed E-state index contributed by atoms with van der Waals surface area (Å²) in [5.74, 6) is 0.0231. The second-order valence-corrected chi connectivity index (χ2v) is 7.37. The number of rotatable bonds is 4. The molecule has 5 atom stereocenters. The molecule has 0 aromatic heterocycles. The molecule has 0 bridgehead atoms. The van der Waals surface area contributed by atoms with Crippen LogP contribution in [-0.2, 0) is 6.18 Å². The summed E-state index contributed by atoms with van der Waals surface area (Å²) in [5.41, 5.74) is -0.508. The van der Waals surface area contributed by atoms with E-state index in [4.69, 9.17) is 0 Å². The molecule has 2 aliphatic heterocycles. The molecule has 2 fully saturated rings. The molecule has 0 spiro atoms. The van der Waals surface area contributed by atoms with Crippen LogP contribution in [0.2, 0.25) is 0 Å². The predicted molar refractivity (Wildman–Crippen MR) is 92.2 cm³/mol. The van der Waals surface area contributed by atoms with Gasteiger partial charge in [-0.25, -0.2) is 0 Å². The van der Waals surface area contributed by atoms with Crippen LogP contribution in [0.25, 0.3) is 0 Å². The van der Waals surface area contributed by atoms with Crippen LogP contribution in [0.4, 0.5) is 18.9 Å². The van der Waals surface area contributed by atoms with Crippen molar-refractivity contribution in [3.8, 4) is 0 Å². The summed E-state index contributed by atoms with van der Waals surface area (Å²) in [7, 11) is 0. The molecule has 4 N–H and O–H groups in total. The number of hydrogen-bond donors (Lipinski definition) is 4. The number of hydrogen-bond acceptors (Lipinski definition) is 6. The van der Waals surface area contributed by atoms with Gasteiger partial charge in [-0.1, -0.05) is 12.1 Å². The van der Waals surface area contributed by atoms with E-state index in [-0.39, 0.29) is 24.8 Å². The fraction of sp³-hybridized carbons (Fsp3) is 0.667. The van der Waals surface area contributed by atoms with Crippen molar-refractivity contribution >= 4 is 5.69 Å². The maximum absolute atomic E-state index is 13.2. The molecule has 2 saturated heterocycles. The summed E-state index contributed by atoms with van der Waals surface area (Å²) in [6, 6.07) is 4.78. The first-order valence-electron chi connectivity index (χ1n) is 9.02. The van der Waals surface area contributed by atoms with E-state index in [0.29, 0.717) is 26.1 Å². The summed E-state index contributed by atoms with van der Waals surface area (Å²) in [6.07, 6.45) is -7.49. The number of aliphatic hydroxyl groups excluding tert-OH is 4. The Kier molecular flexibility index (Phi) is 5.97. The third-order valence-corrected chi connectivity index (χ3v) is 5.54. The van der Waals surface area contributed by atoms with Crippen molar-refractivity contribution in [3.63, 3.8) is 0 Å². The number of aliphatic hydroxyl groups is 4. The first kappa shape index (κ1) is 20.3. The highest BCUT2D eigenvalue weighted by molar-refractivity contribution is 5.55. The lowest BCUT2D eigenvalue weighted by Crippen LogP contribution is -2.63. The van der Waals surface area contributed by atoms with Gasteiger partial charge in [0.05, 0.1) is 24.3 Å². The van der Waals surface area contributed by atoms with Crippen molar-refractivity contribution in [1.82, 2.24) is 4.90 Å². The smallest absolute Gasteiger partial charge is 0.395 e.